The van der Waals surface area contributed by atoms with E-state index in [0.717, 1.165) is 36.9 Å². The summed E-state index contributed by atoms with van der Waals surface area (Å²) in [6.45, 7) is 2.65. The van der Waals surface area contributed by atoms with Gasteiger partial charge < -0.3 is 19.9 Å². The van der Waals surface area contributed by atoms with Gasteiger partial charge in [-0.1, -0.05) is 13.3 Å². The first-order valence-electron chi connectivity index (χ1n) is 7.63. The highest BCUT2D eigenvalue weighted by Gasteiger charge is 2.58. The molecule has 0 radical (unpaired) electrons. The Hall–Kier alpha value is -2.04. The van der Waals surface area contributed by atoms with Crippen molar-refractivity contribution in [3.05, 3.63) is 22.7 Å². The van der Waals surface area contributed by atoms with Crippen LogP contribution < -0.4 is 10.5 Å². The second kappa shape index (κ2) is 4.73. The summed E-state index contributed by atoms with van der Waals surface area (Å²) >= 11 is 0. The zero-order chi connectivity index (χ0) is 15.3. The molecule has 2 saturated heterocycles. The zero-order valence-corrected chi connectivity index (χ0v) is 12.4. The lowest BCUT2D eigenvalue weighted by Gasteiger charge is -2.42. The molecule has 22 heavy (non-hydrogen) atoms. The van der Waals surface area contributed by atoms with Crippen LogP contribution in [0.4, 0.5) is 0 Å². The molecule has 7 nitrogen and oxygen atoms in total. The van der Waals surface area contributed by atoms with E-state index in [1.54, 1.807) is 0 Å². The third-order valence-corrected chi connectivity index (χ3v) is 4.78. The predicted octanol–water partition coefficient (Wildman–Crippen LogP) is 1.22. The molecule has 3 atom stereocenters. The number of aromatic nitrogens is 2. The van der Waals surface area contributed by atoms with Crippen LogP contribution in [0.15, 0.2) is 11.5 Å². The van der Waals surface area contributed by atoms with Crippen molar-refractivity contribution in [2.75, 3.05) is 6.61 Å². The average Bonchev–Trinajstić information content (AvgIpc) is 3.09. The summed E-state index contributed by atoms with van der Waals surface area (Å²) in [5.41, 5.74) is 7.52. The lowest BCUT2D eigenvalue weighted by molar-refractivity contribution is -0.126. The molecule has 1 spiro atoms. The van der Waals surface area contributed by atoms with Crippen molar-refractivity contribution in [1.29, 1.82) is 5.26 Å². The molecule has 2 unspecified atom stereocenters. The number of nitrogens with two attached hydrogens (primary N) is 1. The van der Waals surface area contributed by atoms with E-state index in [9.17, 15) is 5.26 Å². The number of aromatic amines is 1. The Labute approximate surface area is 128 Å². The van der Waals surface area contributed by atoms with E-state index in [4.69, 9.17) is 19.9 Å². The third-order valence-electron chi connectivity index (χ3n) is 4.78. The highest BCUT2D eigenvalue weighted by molar-refractivity contribution is 5.55. The number of H-pyrrole nitrogens is 1. The Morgan fingerprint density at radius 1 is 1.55 bits per heavy atom. The molecule has 1 aromatic heterocycles. The van der Waals surface area contributed by atoms with E-state index in [2.05, 4.69) is 23.2 Å². The van der Waals surface area contributed by atoms with Crippen molar-refractivity contribution in [1.82, 2.24) is 10.2 Å². The maximum atomic E-state index is 9.68. The van der Waals surface area contributed by atoms with Crippen molar-refractivity contribution in [2.24, 2.45) is 5.73 Å². The molecular formula is C15H18N4O3. The number of ether oxygens (including phenoxy) is 3. The predicted molar refractivity (Wildman–Crippen MR) is 75.6 cm³/mol. The van der Waals surface area contributed by atoms with Crippen LogP contribution in [0.3, 0.4) is 0 Å². The number of hydrogen-bond donors (Lipinski definition) is 2. The Morgan fingerprint density at radius 3 is 3.18 bits per heavy atom. The monoisotopic (exact) mass is 302 g/mol. The quantitative estimate of drug-likeness (QED) is 0.851. The van der Waals surface area contributed by atoms with Crippen molar-refractivity contribution >= 4 is 0 Å². The molecule has 4 rings (SSSR count). The van der Waals surface area contributed by atoms with Gasteiger partial charge in [-0.3, -0.25) is 5.10 Å². The highest BCUT2D eigenvalue weighted by Crippen LogP contribution is 2.54. The molecular weight excluding hydrogens is 284 g/mol. The molecule has 7 heteroatoms. The van der Waals surface area contributed by atoms with Crippen LogP contribution in [0.2, 0.25) is 0 Å². The van der Waals surface area contributed by atoms with Gasteiger partial charge >= 0.3 is 0 Å². The SMILES string of the molecule is CCCc1[nH]nc2c1C1(CC[C@H]3COC1O3)C(C#N)=C(N)O2. The number of nitrogens with zero attached hydrogens (tertiary/aromatic N) is 2. The molecule has 2 bridgehead atoms. The van der Waals surface area contributed by atoms with Gasteiger partial charge in [0.05, 0.1) is 23.7 Å². The lowest BCUT2D eigenvalue weighted by atomic mass is 9.68. The van der Waals surface area contributed by atoms with Crippen LogP contribution in [-0.4, -0.2) is 29.2 Å². The van der Waals surface area contributed by atoms with Crippen LogP contribution in [0.25, 0.3) is 0 Å². The summed E-state index contributed by atoms with van der Waals surface area (Å²) in [4.78, 5) is 0. The highest BCUT2D eigenvalue weighted by atomic mass is 16.7. The molecule has 0 saturated carbocycles. The summed E-state index contributed by atoms with van der Waals surface area (Å²) in [5, 5.41) is 17.0. The number of fused-ring (bicyclic) bond motifs is 5. The molecule has 116 valence electrons. The van der Waals surface area contributed by atoms with Gasteiger partial charge in [-0.25, -0.2) is 0 Å². The molecule has 0 aliphatic carbocycles. The Bertz CT molecular complexity index is 689. The van der Waals surface area contributed by atoms with Crippen LogP contribution in [0.5, 0.6) is 5.88 Å². The molecule has 4 heterocycles. The first-order valence-corrected chi connectivity index (χ1v) is 7.63. The molecule has 0 aromatic carbocycles. The molecule has 0 amide bonds. The Balaban J connectivity index is 1.94. The van der Waals surface area contributed by atoms with Crippen LogP contribution in [0, 0.1) is 11.3 Å². The van der Waals surface area contributed by atoms with Crippen LogP contribution in [-0.2, 0) is 21.3 Å². The molecule has 3 aliphatic heterocycles. The van der Waals surface area contributed by atoms with E-state index < -0.39 is 11.7 Å². The van der Waals surface area contributed by atoms with Crippen molar-refractivity contribution < 1.29 is 14.2 Å². The van der Waals surface area contributed by atoms with Gasteiger partial charge in [0, 0.05) is 5.69 Å². The van der Waals surface area contributed by atoms with Crippen molar-refractivity contribution in [3.8, 4) is 11.9 Å². The van der Waals surface area contributed by atoms with Crippen molar-refractivity contribution in [3.63, 3.8) is 0 Å². The average molecular weight is 302 g/mol. The first-order chi connectivity index (χ1) is 10.7. The van der Waals surface area contributed by atoms with Gasteiger partial charge in [0.25, 0.3) is 0 Å². The lowest BCUT2D eigenvalue weighted by Crippen LogP contribution is -2.48. The zero-order valence-electron chi connectivity index (χ0n) is 12.4. The summed E-state index contributed by atoms with van der Waals surface area (Å²) < 4.78 is 17.4. The maximum absolute atomic E-state index is 9.68. The van der Waals surface area contributed by atoms with Crippen LogP contribution in [0.1, 0.15) is 37.4 Å². The molecule has 2 fully saturated rings. The minimum absolute atomic E-state index is 0.0992. The van der Waals surface area contributed by atoms with Gasteiger partial charge in [0.1, 0.15) is 11.6 Å². The van der Waals surface area contributed by atoms with E-state index in [1.165, 1.54) is 0 Å². The van der Waals surface area contributed by atoms with E-state index in [-0.39, 0.29) is 12.0 Å². The van der Waals surface area contributed by atoms with Gasteiger partial charge in [0.2, 0.25) is 11.8 Å². The number of rotatable bonds is 2. The minimum Gasteiger partial charge on any atom is -0.420 e. The van der Waals surface area contributed by atoms with E-state index in [1.807, 2.05) is 0 Å². The Morgan fingerprint density at radius 2 is 2.41 bits per heavy atom. The first kappa shape index (κ1) is 13.6. The number of hydrogen-bond acceptors (Lipinski definition) is 6. The smallest absolute Gasteiger partial charge is 0.244 e. The molecule has 1 aromatic rings. The fourth-order valence-electron chi connectivity index (χ4n) is 3.83. The largest absolute Gasteiger partial charge is 0.420 e. The van der Waals surface area contributed by atoms with Crippen LogP contribution >= 0.6 is 0 Å². The normalized spacial score (nSPS) is 32.7. The summed E-state index contributed by atoms with van der Waals surface area (Å²) in [7, 11) is 0. The third kappa shape index (κ3) is 1.59. The van der Waals surface area contributed by atoms with Gasteiger partial charge in [-0.05, 0) is 19.3 Å². The van der Waals surface area contributed by atoms with E-state index >= 15 is 0 Å². The topological polar surface area (TPSA) is 106 Å². The van der Waals surface area contributed by atoms with Gasteiger partial charge in [-0.15, -0.1) is 5.10 Å². The summed E-state index contributed by atoms with van der Waals surface area (Å²) in [5.74, 6) is 0.541. The number of nitrogens with one attached hydrogen (secondary N) is 1. The number of nitriles is 1. The summed E-state index contributed by atoms with van der Waals surface area (Å²) in [6.07, 6.45) is 2.95. The summed E-state index contributed by atoms with van der Waals surface area (Å²) in [6, 6.07) is 2.23. The second-order valence-electron chi connectivity index (χ2n) is 6.02. The van der Waals surface area contributed by atoms with Crippen molar-refractivity contribution in [2.45, 2.75) is 50.4 Å². The standard InChI is InChI=1S/C15H18N4O3/c1-2-3-10-11-13(19-18-10)22-12(17)9(6-16)15(11)5-4-8-7-20-14(15)21-8/h8,14H,2-5,7,17H2,1H3,(H,18,19)/t8-,14?,15?/m0/s1. The fraction of sp³-hybridized carbons (Fsp3) is 0.600. The molecule has 3 N–H and O–H groups in total. The molecule has 3 aliphatic rings. The number of aryl methyl sites for hydroxylation is 1. The maximum Gasteiger partial charge on any atom is 0.244 e. The second-order valence-corrected chi connectivity index (χ2v) is 6.02. The van der Waals surface area contributed by atoms with Gasteiger partial charge in [0.15, 0.2) is 6.29 Å². The minimum atomic E-state index is -0.711. The Kier molecular flexibility index (Phi) is 2.93. The van der Waals surface area contributed by atoms with Gasteiger partial charge in [-0.2, -0.15) is 5.26 Å². The van der Waals surface area contributed by atoms with E-state index in [0.29, 0.717) is 18.1 Å². The fourth-order valence-corrected chi connectivity index (χ4v) is 3.83.